The first-order chi connectivity index (χ1) is 8.42. The Hall–Kier alpha value is -1.68. The van der Waals surface area contributed by atoms with E-state index in [1.54, 1.807) is 6.33 Å². The van der Waals surface area contributed by atoms with Crippen LogP contribution in [0.3, 0.4) is 0 Å². The van der Waals surface area contributed by atoms with Crippen LogP contribution in [-0.4, -0.2) is 23.1 Å². The summed E-state index contributed by atoms with van der Waals surface area (Å²) >= 11 is 0. The van der Waals surface area contributed by atoms with Crippen LogP contribution in [0.5, 0.6) is 0 Å². The summed E-state index contributed by atoms with van der Waals surface area (Å²) in [6.45, 7) is 1.98. The number of quaternary nitrogens is 1. The molecule has 0 aliphatic rings. The number of nitrogens with zero attached hydrogens (tertiary/aromatic N) is 2. The molecule has 90 valence electrons. The Bertz CT molecular complexity index is 464. The minimum absolute atomic E-state index is 0.935. The lowest BCUT2D eigenvalue weighted by Crippen LogP contribution is -2.50. The van der Waals surface area contributed by atoms with E-state index >= 15 is 0 Å². The van der Waals surface area contributed by atoms with Crippen molar-refractivity contribution in [3.8, 4) is 0 Å². The molecule has 1 aromatic carbocycles. The van der Waals surface area contributed by atoms with E-state index in [9.17, 15) is 0 Å². The summed E-state index contributed by atoms with van der Waals surface area (Å²) < 4.78 is 0. The smallest absolute Gasteiger partial charge is 0.137 e. The molecule has 2 aromatic rings. The second kappa shape index (κ2) is 6.15. The molecule has 4 nitrogen and oxygen atoms in total. The van der Waals surface area contributed by atoms with Gasteiger partial charge in [0.15, 0.2) is 0 Å². The molecule has 0 radical (unpaired) electrons. The van der Waals surface area contributed by atoms with Crippen molar-refractivity contribution >= 4 is 16.7 Å². The number of fused-ring (bicyclic) bond motifs is 1. The second-order valence-electron chi connectivity index (χ2n) is 4.08. The highest BCUT2D eigenvalue weighted by Gasteiger charge is 2.01. The fourth-order valence-corrected chi connectivity index (χ4v) is 1.83. The normalized spacial score (nSPS) is 10.6. The van der Waals surface area contributed by atoms with Gasteiger partial charge in [0.1, 0.15) is 12.1 Å². The minimum atomic E-state index is 0.935. The van der Waals surface area contributed by atoms with E-state index in [2.05, 4.69) is 21.0 Å². The standard InChI is InChI=1S/C13H18N4/c14-8-4-1-5-9-15-13-11-6-2-3-7-12(11)16-10-17-13/h2-3,6-7,10H,1,4-5,8-9,14H2,(H,15,16,17)/p+1. The summed E-state index contributed by atoms with van der Waals surface area (Å²) in [5.74, 6) is 0.935. The van der Waals surface area contributed by atoms with E-state index in [1.807, 2.05) is 24.3 Å². The van der Waals surface area contributed by atoms with Gasteiger partial charge in [-0.25, -0.2) is 9.97 Å². The Kier molecular flexibility index (Phi) is 4.27. The van der Waals surface area contributed by atoms with Crippen molar-refractivity contribution in [2.75, 3.05) is 18.4 Å². The molecule has 0 aliphatic carbocycles. The van der Waals surface area contributed by atoms with Gasteiger partial charge in [-0.3, -0.25) is 0 Å². The van der Waals surface area contributed by atoms with Gasteiger partial charge in [0.2, 0.25) is 0 Å². The first-order valence-electron chi connectivity index (χ1n) is 6.14. The van der Waals surface area contributed by atoms with Gasteiger partial charge in [0, 0.05) is 11.9 Å². The molecule has 0 atom stereocenters. The van der Waals surface area contributed by atoms with Crippen LogP contribution in [0.25, 0.3) is 10.9 Å². The fourth-order valence-electron chi connectivity index (χ4n) is 1.83. The van der Waals surface area contributed by atoms with Gasteiger partial charge in [0.05, 0.1) is 12.1 Å². The number of nitrogens with one attached hydrogen (secondary N) is 1. The summed E-state index contributed by atoms with van der Waals surface area (Å²) in [7, 11) is 0. The monoisotopic (exact) mass is 231 g/mol. The van der Waals surface area contributed by atoms with Gasteiger partial charge in [-0.1, -0.05) is 12.1 Å². The molecule has 4 N–H and O–H groups in total. The van der Waals surface area contributed by atoms with Crippen molar-refractivity contribution in [1.29, 1.82) is 0 Å². The summed E-state index contributed by atoms with van der Waals surface area (Å²) in [4.78, 5) is 8.53. The SMILES string of the molecule is [NH3+]CCCCCNc1ncnc2ccccc12. The molecule has 0 spiro atoms. The van der Waals surface area contributed by atoms with Crippen LogP contribution in [0.1, 0.15) is 19.3 Å². The third kappa shape index (κ3) is 3.14. The highest BCUT2D eigenvalue weighted by Crippen LogP contribution is 2.18. The molecule has 0 saturated heterocycles. The number of hydrogen-bond donors (Lipinski definition) is 2. The molecule has 1 aromatic heterocycles. The van der Waals surface area contributed by atoms with Crippen LogP contribution in [0.4, 0.5) is 5.82 Å². The molecule has 4 heteroatoms. The third-order valence-corrected chi connectivity index (χ3v) is 2.76. The molecule has 17 heavy (non-hydrogen) atoms. The van der Waals surface area contributed by atoms with Crippen molar-refractivity contribution in [2.24, 2.45) is 0 Å². The Balaban J connectivity index is 1.98. The lowest BCUT2D eigenvalue weighted by Gasteiger charge is -2.07. The zero-order valence-corrected chi connectivity index (χ0v) is 10.0. The highest BCUT2D eigenvalue weighted by atomic mass is 15.0. The van der Waals surface area contributed by atoms with Gasteiger partial charge in [-0.05, 0) is 31.4 Å². The lowest BCUT2D eigenvalue weighted by molar-refractivity contribution is -0.368. The maximum Gasteiger partial charge on any atom is 0.137 e. The predicted molar refractivity (Wildman–Crippen MR) is 69.6 cm³/mol. The molecule has 1 heterocycles. The van der Waals surface area contributed by atoms with Crippen molar-refractivity contribution in [1.82, 2.24) is 9.97 Å². The van der Waals surface area contributed by atoms with Gasteiger partial charge in [0.25, 0.3) is 0 Å². The number of hydrogen-bond acceptors (Lipinski definition) is 3. The molecular weight excluding hydrogens is 212 g/mol. The number of benzene rings is 1. The topological polar surface area (TPSA) is 65.5 Å². The quantitative estimate of drug-likeness (QED) is 0.740. The number of rotatable bonds is 6. The molecule has 0 unspecified atom stereocenters. The van der Waals surface area contributed by atoms with Crippen LogP contribution in [0.15, 0.2) is 30.6 Å². The van der Waals surface area contributed by atoms with Crippen molar-refractivity contribution in [3.05, 3.63) is 30.6 Å². The second-order valence-corrected chi connectivity index (χ2v) is 4.08. The Labute approximate surface area is 101 Å². The van der Waals surface area contributed by atoms with E-state index in [1.165, 1.54) is 12.8 Å². The molecular formula is C13H19N4+. The van der Waals surface area contributed by atoms with Gasteiger partial charge in [-0.2, -0.15) is 0 Å². The predicted octanol–water partition coefficient (Wildman–Crippen LogP) is 1.45. The Morgan fingerprint density at radius 3 is 2.82 bits per heavy atom. The summed E-state index contributed by atoms with van der Waals surface area (Å²) in [6, 6.07) is 8.06. The van der Waals surface area contributed by atoms with E-state index < -0.39 is 0 Å². The number of anilines is 1. The van der Waals surface area contributed by atoms with Crippen LogP contribution < -0.4 is 11.1 Å². The van der Waals surface area contributed by atoms with Gasteiger partial charge >= 0.3 is 0 Å². The first kappa shape index (κ1) is 11.8. The van der Waals surface area contributed by atoms with Crippen LogP contribution >= 0.6 is 0 Å². The van der Waals surface area contributed by atoms with Gasteiger partial charge < -0.3 is 11.1 Å². The maximum atomic E-state index is 4.29. The first-order valence-corrected chi connectivity index (χ1v) is 6.14. The Morgan fingerprint density at radius 1 is 1.06 bits per heavy atom. The van der Waals surface area contributed by atoms with Gasteiger partial charge in [-0.15, -0.1) is 0 Å². The third-order valence-electron chi connectivity index (χ3n) is 2.76. The zero-order chi connectivity index (χ0) is 11.9. The average molecular weight is 231 g/mol. The van der Waals surface area contributed by atoms with E-state index in [-0.39, 0.29) is 0 Å². The number of aromatic nitrogens is 2. The van der Waals surface area contributed by atoms with Crippen molar-refractivity contribution in [2.45, 2.75) is 19.3 Å². The Morgan fingerprint density at radius 2 is 1.94 bits per heavy atom. The molecule has 0 saturated carbocycles. The van der Waals surface area contributed by atoms with E-state index in [0.29, 0.717) is 0 Å². The van der Waals surface area contributed by atoms with Crippen molar-refractivity contribution < 1.29 is 5.73 Å². The molecule has 0 amide bonds. The summed E-state index contributed by atoms with van der Waals surface area (Å²) in [5.41, 5.74) is 4.83. The van der Waals surface area contributed by atoms with Crippen LogP contribution in [-0.2, 0) is 0 Å². The molecule has 0 fully saturated rings. The molecule has 0 bridgehead atoms. The molecule has 2 rings (SSSR count). The fraction of sp³-hybridized carbons (Fsp3) is 0.385. The number of para-hydroxylation sites is 1. The maximum absolute atomic E-state index is 4.29. The summed E-state index contributed by atoms with van der Waals surface area (Å²) in [5, 5.41) is 4.46. The van der Waals surface area contributed by atoms with E-state index in [0.717, 1.165) is 36.2 Å². The minimum Gasteiger partial charge on any atom is -0.369 e. The number of unbranched alkanes of at least 4 members (excludes halogenated alkanes) is 2. The van der Waals surface area contributed by atoms with Crippen LogP contribution in [0.2, 0.25) is 0 Å². The highest BCUT2D eigenvalue weighted by molar-refractivity contribution is 5.88. The average Bonchev–Trinajstić information content (AvgIpc) is 2.39. The largest absolute Gasteiger partial charge is 0.369 e. The molecule has 0 aliphatic heterocycles. The van der Waals surface area contributed by atoms with Crippen molar-refractivity contribution in [3.63, 3.8) is 0 Å². The zero-order valence-electron chi connectivity index (χ0n) is 10.0. The van der Waals surface area contributed by atoms with Crippen LogP contribution in [0, 0.1) is 0 Å². The summed E-state index contributed by atoms with van der Waals surface area (Å²) in [6.07, 6.45) is 5.19. The lowest BCUT2D eigenvalue weighted by atomic mass is 10.2. The van der Waals surface area contributed by atoms with E-state index in [4.69, 9.17) is 0 Å².